The summed E-state index contributed by atoms with van der Waals surface area (Å²) in [4.78, 5) is 11.6. The molecule has 0 aliphatic carbocycles. The highest BCUT2D eigenvalue weighted by Gasteiger charge is 2.17. The number of phenols is 1. The number of nitrogens with two attached hydrogens (primary N) is 1. The number of hydrogen-bond donors (Lipinski definition) is 2. The number of ketones is 1. The molecule has 1 rings (SSSR count). The molecule has 0 aliphatic rings. The number of carbonyl (C=O) groups is 1. The molecule has 0 saturated carbocycles. The molecule has 0 unspecified atom stereocenters. The van der Waals surface area contributed by atoms with Crippen LogP contribution in [0.1, 0.15) is 16.8 Å². The Labute approximate surface area is 96.2 Å². The lowest BCUT2D eigenvalue weighted by Crippen LogP contribution is -2.09. The van der Waals surface area contributed by atoms with Gasteiger partial charge < -0.3 is 15.6 Å². The van der Waals surface area contributed by atoms with Crippen molar-refractivity contribution in [2.45, 2.75) is 6.42 Å². The van der Waals surface area contributed by atoms with Gasteiger partial charge in [0.15, 0.2) is 5.78 Å². The van der Waals surface area contributed by atoms with Crippen molar-refractivity contribution in [2.75, 3.05) is 13.7 Å². The maximum Gasteiger partial charge on any atom is 0.169 e. The Kier molecular flexibility index (Phi) is 4.11. The lowest BCUT2D eigenvalue weighted by molar-refractivity contribution is 0.0981. The topological polar surface area (TPSA) is 72.5 Å². The van der Waals surface area contributed by atoms with E-state index in [1.54, 1.807) is 6.07 Å². The summed E-state index contributed by atoms with van der Waals surface area (Å²) in [6.45, 7) is 0.252. The van der Waals surface area contributed by atoms with E-state index in [4.69, 9.17) is 10.5 Å². The van der Waals surface area contributed by atoms with Crippen molar-refractivity contribution in [3.8, 4) is 11.5 Å². The molecule has 1 aromatic rings. The minimum absolute atomic E-state index is 0.0684. The number of ether oxygens (including phenoxy) is 1. The number of benzene rings is 1. The fourth-order valence-electron chi connectivity index (χ4n) is 1.23. The molecule has 0 atom stereocenters. The number of phenolic OH excluding ortho intramolecular Hbond substituents is 1. The van der Waals surface area contributed by atoms with Crippen LogP contribution in [-0.4, -0.2) is 24.5 Å². The van der Waals surface area contributed by atoms with Crippen LogP contribution in [0, 0.1) is 0 Å². The van der Waals surface area contributed by atoms with E-state index in [1.807, 2.05) is 0 Å². The Morgan fingerprint density at radius 2 is 2.27 bits per heavy atom. The summed E-state index contributed by atoms with van der Waals surface area (Å²) in [7, 11) is 1.49. The van der Waals surface area contributed by atoms with Gasteiger partial charge in [-0.3, -0.25) is 4.79 Å². The summed E-state index contributed by atoms with van der Waals surface area (Å²) in [5.41, 5.74) is 5.51. The van der Waals surface area contributed by atoms with Crippen LogP contribution in [0.4, 0.5) is 0 Å². The molecule has 0 fully saturated rings. The molecule has 15 heavy (non-hydrogen) atoms. The molecule has 0 heterocycles. The van der Waals surface area contributed by atoms with E-state index in [1.165, 1.54) is 13.2 Å². The Hall–Kier alpha value is -1.07. The van der Waals surface area contributed by atoms with Gasteiger partial charge in [-0.1, -0.05) is 0 Å². The van der Waals surface area contributed by atoms with Gasteiger partial charge in [-0.15, -0.1) is 0 Å². The first-order valence-electron chi connectivity index (χ1n) is 4.40. The third-order valence-electron chi connectivity index (χ3n) is 1.95. The van der Waals surface area contributed by atoms with E-state index in [2.05, 4.69) is 15.9 Å². The monoisotopic (exact) mass is 273 g/mol. The second-order valence-electron chi connectivity index (χ2n) is 2.94. The maximum absolute atomic E-state index is 11.6. The summed E-state index contributed by atoms with van der Waals surface area (Å²) in [5.74, 6) is 0.232. The van der Waals surface area contributed by atoms with E-state index in [0.717, 1.165) is 0 Å². The molecule has 0 aliphatic heterocycles. The van der Waals surface area contributed by atoms with E-state index in [-0.39, 0.29) is 30.1 Å². The van der Waals surface area contributed by atoms with Crippen molar-refractivity contribution >= 4 is 21.7 Å². The number of Topliss-reactive ketones (excluding diaryl/α,β-unsaturated/α-hetero) is 1. The number of carbonyl (C=O) groups excluding carboxylic acids is 1. The van der Waals surface area contributed by atoms with Gasteiger partial charge in [-0.25, -0.2) is 0 Å². The quantitative estimate of drug-likeness (QED) is 0.819. The molecule has 0 spiro atoms. The summed E-state index contributed by atoms with van der Waals surface area (Å²) in [6.07, 6.45) is 0.194. The maximum atomic E-state index is 11.6. The van der Waals surface area contributed by atoms with Gasteiger partial charge in [0.2, 0.25) is 0 Å². The first-order valence-corrected chi connectivity index (χ1v) is 5.19. The van der Waals surface area contributed by atoms with Gasteiger partial charge >= 0.3 is 0 Å². The lowest BCUT2D eigenvalue weighted by atomic mass is 10.1. The van der Waals surface area contributed by atoms with E-state index in [0.29, 0.717) is 10.2 Å². The van der Waals surface area contributed by atoms with Crippen LogP contribution in [0.3, 0.4) is 0 Å². The minimum atomic E-state index is -0.208. The van der Waals surface area contributed by atoms with Gasteiger partial charge in [0, 0.05) is 6.42 Å². The lowest BCUT2D eigenvalue weighted by Gasteiger charge is -2.09. The summed E-state index contributed by atoms with van der Waals surface area (Å²) in [6, 6.07) is 3.01. The smallest absolute Gasteiger partial charge is 0.169 e. The number of hydrogen-bond acceptors (Lipinski definition) is 4. The molecular formula is C10H12BrNO3. The normalized spacial score (nSPS) is 10.1. The average Bonchev–Trinajstić information content (AvgIpc) is 2.18. The second-order valence-corrected chi connectivity index (χ2v) is 3.73. The van der Waals surface area contributed by atoms with Crippen molar-refractivity contribution in [1.29, 1.82) is 0 Å². The molecule has 4 nitrogen and oxygen atoms in total. The van der Waals surface area contributed by atoms with Crippen LogP contribution in [-0.2, 0) is 0 Å². The molecule has 1 aromatic carbocycles. The van der Waals surface area contributed by atoms with Crippen LogP contribution in [0.2, 0.25) is 0 Å². The van der Waals surface area contributed by atoms with Crippen molar-refractivity contribution in [3.63, 3.8) is 0 Å². The fraction of sp³-hybridized carbons (Fsp3) is 0.300. The Balaban J connectivity index is 3.20. The number of halogens is 1. The first-order chi connectivity index (χ1) is 7.11. The number of rotatable bonds is 4. The molecule has 0 amide bonds. The SMILES string of the molecule is COc1ccc(O)c(C(=O)CCN)c1Br. The molecule has 3 N–H and O–H groups in total. The highest BCUT2D eigenvalue weighted by atomic mass is 79.9. The molecule has 82 valence electrons. The zero-order valence-corrected chi connectivity index (χ0v) is 9.87. The molecule has 0 saturated heterocycles. The van der Waals surface area contributed by atoms with Crippen molar-refractivity contribution in [3.05, 3.63) is 22.2 Å². The average molecular weight is 274 g/mol. The summed E-state index contributed by atoms with van der Waals surface area (Å²) < 4.78 is 5.49. The predicted octanol–water partition coefficient (Wildman–Crippen LogP) is 1.69. The van der Waals surface area contributed by atoms with Gasteiger partial charge in [0.1, 0.15) is 11.5 Å². The zero-order valence-electron chi connectivity index (χ0n) is 8.29. The summed E-state index contributed by atoms with van der Waals surface area (Å²) in [5, 5.41) is 9.56. The van der Waals surface area contributed by atoms with E-state index in [9.17, 15) is 9.90 Å². The van der Waals surface area contributed by atoms with Crippen LogP contribution in [0.15, 0.2) is 16.6 Å². The van der Waals surface area contributed by atoms with Gasteiger partial charge in [-0.2, -0.15) is 0 Å². The van der Waals surface area contributed by atoms with E-state index < -0.39 is 0 Å². The Morgan fingerprint density at radius 3 is 2.80 bits per heavy atom. The molecule has 0 bridgehead atoms. The second kappa shape index (κ2) is 5.14. The summed E-state index contributed by atoms with van der Waals surface area (Å²) >= 11 is 3.22. The van der Waals surface area contributed by atoms with Gasteiger partial charge in [0.05, 0.1) is 17.1 Å². The van der Waals surface area contributed by atoms with Crippen molar-refractivity contribution in [1.82, 2.24) is 0 Å². The molecule has 0 radical (unpaired) electrons. The zero-order chi connectivity index (χ0) is 11.4. The largest absolute Gasteiger partial charge is 0.507 e. The first kappa shape index (κ1) is 12.0. The third kappa shape index (κ3) is 2.49. The third-order valence-corrected chi connectivity index (χ3v) is 2.74. The fourth-order valence-corrected chi connectivity index (χ4v) is 1.94. The number of methoxy groups -OCH3 is 1. The highest BCUT2D eigenvalue weighted by Crippen LogP contribution is 2.35. The van der Waals surface area contributed by atoms with Crippen LogP contribution in [0.5, 0.6) is 11.5 Å². The van der Waals surface area contributed by atoms with Crippen LogP contribution in [0.25, 0.3) is 0 Å². The molecular weight excluding hydrogens is 262 g/mol. The standard InChI is InChI=1S/C10H12BrNO3/c1-15-8-3-2-6(13)9(10(8)11)7(14)4-5-12/h2-3,13H,4-5,12H2,1H3. The van der Waals surface area contributed by atoms with Crippen LogP contribution >= 0.6 is 15.9 Å². The van der Waals surface area contributed by atoms with Crippen molar-refractivity contribution < 1.29 is 14.6 Å². The van der Waals surface area contributed by atoms with Crippen LogP contribution < -0.4 is 10.5 Å². The molecule has 0 aromatic heterocycles. The number of aromatic hydroxyl groups is 1. The Bertz CT molecular complexity index is 379. The predicted molar refractivity (Wildman–Crippen MR) is 60.4 cm³/mol. The Morgan fingerprint density at radius 1 is 1.60 bits per heavy atom. The van der Waals surface area contributed by atoms with E-state index >= 15 is 0 Å². The minimum Gasteiger partial charge on any atom is -0.507 e. The molecule has 5 heteroatoms. The van der Waals surface area contributed by atoms with Crippen molar-refractivity contribution in [2.24, 2.45) is 5.73 Å². The van der Waals surface area contributed by atoms with Gasteiger partial charge in [-0.05, 0) is 34.6 Å². The van der Waals surface area contributed by atoms with Gasteiger partial charge in [0.25, 0.3) is 0 Å². The highest BCUT2D eigenvalue weighted by molar-refractivity contribution is 9.10.